The number of nitrogens with one attached hydrogen (secondary N) is 1. The number of benzene rings is 3. The molecule has 0 spiro atoms. The number of carbonyl (C=O) groups excluding carboxylic acids is 3. The SMILES string of the molecule is O=C(NC(c1ccccc1)c1cccc(OCc2ccc(C(=O)N3CCC(C(=O)OCCCC4OCCO4)CC3)cc2)c1)O[C@H]1CN2CCC1CC2. The van der Waals surface area contributed by atoms with Crippen LogP contribution in [-0.4, -0.2) is 92.7 Å². The number of rotatable bonds is 13. The fourth-order valence-corrected chi connectivity index (χ4v) is 7.65. The summed E-state index contributed by atoms with van der Waals surface area (Å²) in [5.41, 5.74) is 3.36. The molecule has 2 atom stereocenters. The van der Waals surface area contributed by atoms with Crippen LogP contribution in [0.25, 0.3) is 0 Å². The van der Waals surface area contributed by atoms with Crippen LogP contribution in [0.4, 0.5) is 4.79 Å². The van der Waals surface area contributed by atoms with Gasteiger partial charge in [-0.2, -0.15) is 0 Å². The molecule has 52 heavy (non-hydrogen) atoms. The molecule has 1 N–H and O–H groups in total. The molecule has 2 amide bonds. The molecule has 1 unspecified atom stereocenters. The Morgan fingerprint density at radius 2 is 1.56 bits per heavy atom. The van der Waals surface area contributed by atoms with Gasteiger partial charge in [0, 0.05) is 31.6 Å². The van der Waals surface area contributed by atoms with E-state index in [2.05, 4.69) is 10.2 Å². The standard InChI is InChI=1S/C41H49N3O8/c45-39(44-21-17-33(18-22-44)40(46)50-23-5-10-37-48-24-25-49-37)32-13-11-29(12-14-32)28-51-35-9-4-8-34(26-35)38(31-6-2-1-3-7-31)42-41(47)52-36-27-43-19-15-30(36)16-20-43/h1-4,6-9,11-14,26,30,33,36-38H,5,10,15-25,27-28H2,(H,42,47)/t36-,38?/m0/s1. The number of esters is 1. The fourth-order valence-electron chi connectivity index (χ4n) is 7.65. The van der Waals surface area contributed by atoms with Crippen LogP contribution in [0.15, 0.2) is 78.9 Å². The Kier molecular flexibility index (Phi) is 12.0. The first-order chi connectivity index (χ1) is 25.5. The van der Waals surface area contributed by atoms with Gasteiger partial charge in [0.25, 0.3) is 5.91 Å². The molecule has 0 radical (unpaired) electrons. The van der Waals surface area contributed by atoms with Gasteiger partial charge in [-0.1, -0.05) is 54.6 Å². The molecule has 5 heterocycles. The number of hydrogen-bond acceptors (Lipinski definition) is 9. The first-order valence-corrected chi connectivity index (χ1v) is 18.7. The molecule has 5 saturated heterocycles. The molecule has 0 saturated carbocycles. The van der Waals surface area contributed by atoms with Gasteiger partial charge in [-0.3, -0.25) is 14.5 Å². The van der Waals surface area contributed by atoms with E-state index in [4.69, 9.17) is 23.7 Å². The smallest absolute Gasteiger partial charge is 0.408 e. The second-order valence-electron chi connectivity index (χ2n) is 14.2. The van der Waals surface area contributed by atoms with Crippen LogP contribution in [-0.2, 0) is 30.3 Å². The summed E-state index contributed by atoms with van der Waals surface area (Å²) in [4.78, 5) is 43.2. The number of carbonyl (C=O) groups is 3. The molecule has 8 rings (SSSR count). The van der Waals surface area contributed by atoms with Crippen molar-refractivity contribution in [2.45, 2.75) is 63.6 Å². The molecule has 3 aromatic carbocycles. The molecular weight excluding hydrogens is 662 g/mol. The number of alkyl carbamates (subject to hydrolysis) is 1. The van der Waals surface area contributed by atoms with E-state index in [1.807, 2.05) is 78.9 Å². The Bertz CT molecular complexity index is 1630. The van der Waals surface area contributed by atoms with Gasteiger partial charge in [-0.05, 0) is 92.1 Å². The van der Waals surface area contributed by atoms with Crippen molar-refractivity contribution in [3.05, 3.63) is 101 Å². The van der Waals surface area contributed by atoms with Crippen LogP contribution in [0.3, 0.4) is 0 Å². The third-order valence-electron chi connectivity index (χ3n) is 10.7. The van der Waals surface area contributed by atoms with Crippen molar-refractivity contribution in [2.75, 3.05) is 52.5 Å². The summed E-state index contributed by atoms with van der Waals surface area (Å²) in [5.74, 6) is 0.672. The summed E-state index contributed by atoms with van der Waals surface area (Å²) in [6, 6.07) is 24.7. The van der Waals surface area contributed by atoms with Gasteiger partial charge in [0.05, 0.1) is 31.8 Å². The lowest BCUT2D eigenvalue weighted by atomic mass is 9.86. The number of nitrogens with zero attached hydrogens (tertiary/aromatic N) is 2. The average Bonchev–Trinajstić information content (AvgIpc) is 3.72. The molecule has 11 heteroatoms. The maximum Gasteiger partial charge on any atom is 0.408 e. The van der Waals surface area contributed by atoms with Crippen LogP contribution in [0.5, 0.6) is 5.75 Å². The molecule has 5 aliphatic heterocycles. The van der Waals surface area contributed by atoms with Crippen LogP contribution >= 0.6 is 0 Å². The third kappa shape index (κ3) is 9.31. The highest BCUT2D eigenvalue weighted by Crippen LogP contribution is 2.31. The predicted octanol–water partition coefficient (Wildman–Crippen LogP) is 5.72. The van der Waals surface area contributed by atoms with Crippen molar-refractivity contribution in [3.63, 3.8) is 0 Å². The second kappa shape index (κ2) is 17.4. The number of ether oxygens (including phenoxy) is 5. The Balaban J connectivity index is 0.887. The van der Waals surface area contributed by atoms with Crippen molar-refractivity contribution in [2.24, 2.45) is 11.8 Å². The monoisotopic (exact) mass is 711 g/mol. The lowest BCUT2D eigenvalue weighted by molar-refractivity contribution is -0.150. The minimum atomic E-state index is -0.409. The van der Waals surface area contributed by atoms with Gasteiger partial charge in [0.2, 0.25) is 0 Å². The van der Waals surface area contributed by atoms with Gasteiger partial charge < -0.3 is 33.9 Å². The van der Waals surface area contributed by atoms with Crippen molar-refractivity contribution < 1.29 is 38.1 Å². The van der Waals surface area contributed by atoms with Gasteiger partial charge in [-0.15, -0.1) is 0 Å². The van der Waals surface area contributed by atoms with E-state index in [9.17, 15) is 14.4 Å². The maximum absolute atomic E-state index is 13.3. The highest BCUT2D eigenvalue weighted by Gasteiger charge is 2.37. The lowest BCUT2D eigenvalue weighted by Gasteiger charge is -2.43. The molecule has 5 aliphatic rings. The van der Waals surface area contributed by atoms with Crippen LogP contribution in [0.2, 0.25) is 0 Å². The Hall–Kier alpha value is -4.45. The van der Waals surface area contributed by atoms with Gasteiger partial charge >= 0.3 is 12.1 Å². The normalized spacial score (nSPS) is 22.5. The zero-order chi connectivity index (χ0) is 35.7. The highest BCUT2D eigenvalue weighted by molar-refractivity contribution is 5.94. The van der Waals surface area contributed by atoms with E-state index in [0.29, 0.717) is 82.4 Å². The number of amides is 2. The zero-order valence-corrected chi connectivity index (χ0v) is 29.7. The number of fused-ring (bicyclic) bond motifs is 3. The van der Waals surface area contributed by atoms with E-state index < -0.39 is 12.1 Å². The van der Waals surface area contributed by atoms with Gasteiger partial charge in [-0.25, -0.2) is 4.79 Å². The summed E-state index contributed by atoms with van der Waals surface area (Å²) in [6.45, 7) is 5.91. The third-order valence-corrected chi connectivity index (χ3v) is 10.7. The Morgan fingerprint density at radius 1 is 0.827 bits per heavy atom. The summed E-state index contributed by atoms with van der Waals surface area (Å²) in [5, 5.41) is 3.13. The van der Waals surface area contributed by atoms with E-state index in [-0.39, 0.29) is 30.2 Å². The lowest BCUT2D eigenvalue weighted by Crippen LogP contribution is -2.52. The molecule has 0 aliphatic carbocycles. The van der Waals surface area contributed by atoms with E-state index in [1.54, 1.807) is 4.90 Å². The molecule has 2 bridgehead atoms. The molecule has 11 nitrogen and oxygen atoms in total. The van der Waals surface area contributed by atoms with Crippen LogP contribution in [0.1, 0.15) is 71.6 Å². The predicted molar refractivity (Wildman–Crippen MR) is 193 cm³/mol. The summed E-state index contributed by atoms with van der Waals surface area (Å²) >= 11 is 0. The first-order valence-electron chi connectivity index (χ1n) is 18.7. The second-order valence-corrected chi connectivity index (χ2v) is 14.2. The summed E-state index contributed by atoms with van der Waals surface area (Å²) in [6.07, 6.45) is 4.07. The molecular formula is C41H49N3O8. The molecule has 276 valence electrons. The van der Waals surface area contributed by atoms with E-state index >= 15 is 0 Å². The fraction of sp³-hybridized carbons (Fsp3) is 0.488. The van der Waals surface area contributed by atoms with Crippen molar-refractivity contribution in [1.29, 1.82) is 0 Å². The highest BCUT2D eigenvalue weighted by atomic mass is 16.7. The minimum Gasteiger partial charge on any atom is -0.489 e. The number of likely N-dealkylation sites (tertiary alicyclic amines) is 1. The average molecular weight is 712 g/mol. The largest absolute Gasteiger partial charge is 0.489 e. The van der Waals surface area contributed by atoms with Gasteiger partial charge in [0.15, 0.2) is 6.29 Å². The van der Waals surface area contributed by atoms with E-state index in [0.717, 1.165) is 49.2 Å². The number of piperidine rings is 4. The van der Waals surface area contributed by atoms with E-state index in [1.165, 1.54) is 0 Å². The Morgan fingerprint density at radius 3 is 2.27 bits per heavy atom. The summed E-state index contributed by atoms with van der Waals surface area (Å²) < 4.78 is 28.5. The molecule has 0 aromatic heterocycles. The first kappa shape index (κ1) is 35.9. The zero-order valence-electron chi connectivity index (χ0n) is 29.7. The Labute approximate surface area is 305 Å². The summed E-state index contributed by atoms with van der Waals surface area (Å²) in [7, 11) is 0. The molecule has 5 fully saturated rings. The van der Waals surface area contributed by atoms with Gasteiger partial charge in [0.1, 0.15) is 18.5 Å². The van der Waals surface area contributed by atoms with Crippen molar-refractivity contribution >= 4 is 18.0 Å². The van der Waals surface area contributed by atoms with Crippen LogP contribution < -0.4 is 10.1 Å². The van der Waals surface area contributed by atoms with Crippen molar-refractivity contribution in [1.82, 2.24) is 15.1 Å². The topological polar surface area (TPSA) is 116 Å². The quantitative estimate of drug-likeness (QED) is 0.176. The van der Waals surface area contributed by atoms with Crippen molar-refractivity contribution in [3.8, 4) is 5.75 Å². The number of hydrogen-bond donors (Lipinski definition) is 1. The maximum atomic E-state index is 13.3. The minimum absolute atomic E-state index is 0.0463. The van der Waals surface area contributed by atoms with Crippen LogP contribution in [0, 0.1) is 11.8 Å². The molecule has 3 aromatic rings.